The van der Waals surface area contributed by atoms with E-state index in [1.807, 2.05) is 43.3 Å². The summed E-state index contributed by atoms with van der Waals surface area (Å²) in [4.78, 5) is 27.7. The monoisotopic (exact) mass is 584 g/mol. The van der Waals surface area contributed by atoms with Crippen LogP contribution in [0, 0.1) is 12.8 Å². The van der Waals surface area contributed by atoms with Gasteiger partial charge in [0.05, 0.1) is 18.5 Å². The molecule has 2 aromatic carbocycles. The van der Waals surface area contributed by atoms with Crippen molar-refractivity contribution < 1.29 is 27.9 Å². The van der Waals surface area contributed by atoms with Gasteiger partial charge in [0.25, 0.3) is 5.91 Å². The van der Waals surface area contributed by atoms with Crippen LogP contribution in [0.4, 0.5) is 0 Å². The highest BCUT2D eigenvalue weighted by Gasteiger charge is 2.31. The number of carboxylic acids is 1. The number of carboxylic acid groups (broad SMARTS) is 1. The molecular weight excluding hydrogens is 540 g/mol. The molecule has 0 radical (unpaired) electrons. The minimum atomic E-state index is -3.37. The Hall–Kier alpha value is -2.75. The highest BCUT2D eigenvalue weighted by atomic mass is 32.2. The Morgan fingerprint density at radius 2 is 1.83 bits per heavy atom. The fraction of sp³-hybridized carbons (Fsp3) is 0.562. The number of hydrogen-bond acceptors (Lipinski definition) is 6. The predicted molar refractivity (Wildman–Crippen MR) is 161 cm³/mol. The smallest absolute Gasteiger partial charge is 0.326 e. The lowest BCUT2D eigenvalue weighted by molar-refractivity contribution is -0.139. The number of amides is 1. The topological polar surface area (TPSA) is 113 Å². The minimum Gasteiger partial charge on any atom is -0.480 e. The van der Waals surface area contributed by atoms with Crippen LogP contribution >= 0.6 is 0 Å². The number of sulfone groups is 1. The van der Waals surface area contributed by atoms with Crippen LogP contribution in [0.5, 0.6) is 0 Å². The molecule has 4 rings (SSSR count). The van der Waals surface area contributed by atoms with E-state index in [0.717, 1.165) is 67.5 Å². The maximum Gasteiger partial charge on any atom is 0.326 e. The summed E-state index contributed by atoms with van der Waals surface area (Å²) in [5.74, 6) is -1.55. The van der Waals surface area contributed by atoms with Gasteiger partial charge in [-0.05, 0) is 72.9 Å². The number of ether oxygens (including phenoxy) is 1. The SMILES string of the molecule is Cc1ccccc1-c1cc(CN2C[C@@H](C)CC2COC2CCCCC2)ccc1C(=O)NC(CCS(C)(=O)=O)C(=O)O. The molecule has 1 saturated heterocycles. The first-order valence-electron chi connectivity index (χ1n) is 14.8. The van der Waals surface area contributed by atoms with Gasteiger partial charge in [-0.3, -0.25) is 9.69 Å². The van der Waals surface area contributed by atoms with E-state index in [2.05, 4.69) is 17.1 Å². The Morgan fingerprint density at radius 3 is 2.51 bits per heavy atom. The van der Waals surface area contributed by atoms with Gasteiger partial charge in [0.1, 0.15) is 15.9 Å². The first kappa shape index (κ1) is 31.2. The number of aliphatic carboxylic acids is 1. The number of carbonyl (C=O) groups excluding carboxylic acids is 1. The Bertz CT molecular complexity index is 1320. The van der Waals surface area contributed by atoms with E-state index >= 15 is 0 Å². The van der Waals surface area contributed by atoms with Gasteiger partial charge in [0.15, 0.2) is 0 Å². The van der Waals surface area contributed by atoms with Gasteiger partial charge in [-0.2, -0.15) is 0 Å². The third-order valence-electron chi connectivity index (χ3n) is 8.34. The zero-order chi connectivity index (χ0) is 29.6. The van der Waals surface area contributed by atoms with Crippen LogP contribution in [-0.2, 0) is 25.9 Å². The van der Waals surface area contributed by atoms with E-state index in [1.165, 1.54) is 19.3 Å². The van der Waals surface area contributed by atoms with Crippen molar-refractivity contribution in [2.45, 2.75) is 83.5 Å². The Balaban J connectivity index is 1.55. The minimum absolute atomic E-state index is 0.199. The van der Waals surface area contributed by atoms with Gasteiger partial charge in [-0.25, -0.2) is 13.2 Å². The Morgan fingerprint density at radius 1 is 1.10 bits per heavy atom. The normalized spacial score (nSPS) is 21.0. The quantitative estimate of drug-likeness (QED) is 0.367. The van der Waals surface area contributed by atoms with Crippen LogP contribution in [0.2, 0.25) is 0 Å². The lowest BCUT2D eigenvalue weighted by Crippen LogP contribution is -2.42. The maximum atomic E-state index is 13.4. The highest BCUT2D eigenvalue weighted by Crippen LogP contribution is 2.31. The van der Waals surface area contributed by atoms with Crippen LogP contribution in [0.25, 0.3) is 11.1 Å². The average molecular weight is 585 g/mol. The molecule has 2 fully saturated rings. The molecule has 2 aromatic rings. The van der Waals surface area contributed by atoms with Crippen LogP contribution in [-0.4, -0.2) is 73.6 Å². The fourth-order valence-corrected chi connectivity index (χ4v) is 6.79. The van der Waals surface area contributed by atoms with Crippen molar-refractivity contribution >= 4 is 21.7 Å². The molecule has 0 aromatic heterocycles. The first-order valence-corrected chi connectivity index (χ1v) is 16.8. The number of hydrogen-bond donors (Lipinski definition) is 2. The van der Waals surface area contributed by atoms with Crippen molar-refractivity contribution in [3.05, 3.63) is 59.2 Å². The molecule has 1 heterocycles. The predicted octanol–water partition coefficient (Wildman–Crippen LogP) is 4.84. The van der Waals surface area contributed by atoms with Crippen LogP contribution in [0.3, 0.4) is 0 Å². The number of carbonyl (C=O) groups is 2. The number of nitrogens with zero attached hydrogens (tertiary/aromatic N) is 1. The molecule has 1 aliphatic carbocycles. The second kappa shape index (κ2) is 13.9. The average Bonchev–Trinajstić information content (AvgIpc) is 3.28. The second-order valence-electron chi connectivity index (χ2n) is 12.0. The molecule has 2 aliphatic rings. The first-order chi connectivity index (χ1) is 19.5. The zero-order valence-electron chi connectivity index (χ0n) is 24.5. The number of benzene rings is 2. The lowest BCUT2D eigenvalue weighted by atomic mass is 9.93. The van der Waals surface area contributed by atoms with Gasteiger partial charge in [-0.15, -0.1) is 0 Å². The molecule has 8 nitrogen and oxygen atoms in total. The van der Waals surface area contributed by atoms with Gasteiger partial charge >= 0.3 is 5.97 Å². The summed E-state index contributed by atoms with van der Waals surface area (Å²) >= 11 is 0. The molecular formula is C32H44N2O6S. The summed E-state index contributed by atoms with van der Waals surface area (Å²) < 4.78 is 29.6. The van der Waals surface area contributed by atoms with Gasteiger partial charge in [0.2, 0.25) is 0 Å². The zero-order valence-corrected chi connectivity index (χ0v) is 25.3. The van der Waals surface area contributed by atoms with Crippen molar-refractivity contribution in [3.63, 3.8) is 0 Å². The van der Waals surface area contributed by atoms with Crippen molar-refractivity contribution in [2.24, 2.45) is 5.92 Å². The lowest BCUT2D eigenvalue weighted by Gasteiger charge is -2.28. The van der Waals surface area contributed by atoms with Gasteiger partial charge in [-0.1, -0.05) is 56.5 Å². The van der Waals surface area contributed by atoms with Gasteiger partial charge < -0.3 is 15.2 Å². The molecule has 224 valence electrons. The van der Waals surface area contributed by atoms with E-state index in [1.54, 1.807) is 6.07 Å². The van der Waals surface area contributed by atoms with Crippen molar-refractivity contribution in [3.8, 4) is 11.1 Å². The van der Waals surface area contributed by atoms with E-state index in [4.69, 9.17) is 4.74 Å². The molecule has 1 amide bonds. The van der Waals surface area contributed by atoms with Crippen LogP contribution < -0.4 is 5.32 Å². The standard InChI is InChI=1S/C32H44N2O6S/c1-22-17-25(21-40-26-10-5-4-6-11-26)34(19-22)20-24-13-14-28(29(18-24)27-12-8-7-9-23(27)2)31(35)33-30(32(36)37)15-16-41(3,38)39/h7-9,12-14,18,22,25-26,30H,4-6,10-11,15-17,19-21H2,1-3H3,(H,33,35)(H,36,37)/t22-,25?,30?/m0/s1. The van der Waals surface area contributed by atoms with Crippen molar-refractivity contribution in [1.82, 2.24) is 10.2 Å². The summed E-state index contributed by atoms with van der Waals surface area (Å²) in [5.41, 5.74) is 4.06. The maximum absolute atomic E-state index is 13.4. The molecule has 0 spiro atoms. The third-order valence-corrected chi connectivity index (χ3v) is 9.32. The van der Waals surface area contributed by atoms with Crippen LogP contribution in [0.1, 0.15) is 73.4 Å². The van der Waals surface area contributed by atoms with E-state index in [9.17, 15) is 23.1 Å². The summed E-state index contributed by atoms with van der Waals surface area (Å²) in [5, 5.41) is 12.2. The van der Waals surface area contributed by atoms with Gasteiger partial charge in [0, 0.05) is 31.0 Å². The molecule has 9 heteroatoms. The summed E-state index contributed by atoms with van der Waals surface area (Å²) in [6, 6.07) is 12.6. The molecule has 0 bridgehead atoms. The largest absolute Gasteiger partial charge is 0.480 e. The Labute approximate surface area is 244 Å². The molecule has 3 atom stereocenters. The molecule has 1 aliphatic heterocycles. The van der Waals surface area contributed by atoms with E-state index in [0.29, 0.717) is 23.6 Å². The number of likely N-dealkylation sites (tertiary alicyclic amines) is 1. The number of nitrogens with one attached hydrogen (secondary N) is 1. The molecule has 41 heavy (non-hydrogen) atoms. The van der Waals surface area contributed by atoms with Crippen LogP contribution in [0.15, 0.2) is 42.5 Å². The highest BCUT2D eigenvalue weighted by molar-refractivity contribution is 7.90. The van der Waals surface area contributed by atoms with E-state index in [-0.39, 0.29) is 12.2 Å². The molecule has 2 N–H and O–H groups in total. The third kappa shape index (κ3) is 8.87. The fourth-order valence-electron chi connectivity index (χ4n) is 6.13. The molecule has 1 saturated carbocycles. The summed E-state index contributed by atoms with van der Waals surface area (Å²) in [6.45, 7) is 6.72. The second-order valence-corrected chi connectivity index (χ2v) is 14.3. The number of rotatable bonds is 12. The van der Waals surface area contributed by atoms with Crippen molar-refractivity contribution in [2.75, 3.05) is 25.2 Å². The molecule has 2 unspecified atom stereocenters. The Kier molecular flexibility index (Phi) is 10.6. The van der Waals surface area contributed by atoms with E-state index < -0.39 is 27.8 Å². The number of aryl methyl sites for hydroxylation is 1. The summed E-state index contributed by atoms with van der Waals surface area (Å²) in [6.07, 6.45) is 8.45. The van der Waals surface area contributed by atoms with Crippen molar-refractivity contribution in [1.29, 1.82) is 0 Å². The summed E-state index contributed by atoms with van der Waals surface area (Å²) in [7, 11) is -3.37.